The van der Waals surface area contributed by atoms with Crippen molar-refractivity contribution in [2.45, 2.75) is 44.1 Å². The molecule has 0 atom stereocenters. The average Bonchev–Trinajstić information content (AvgIpc) is 2.53. The number of ether oxygens (including phenoxy) is 1. The highest BCUT2D eigenvalue weighted by atomic mass is 35.5. The van der Waals surface area contributed by atoms with Crippen LogP contribution < -0.4 is 15.4 Å². The molecule has 4 fully saturated rings. The summed E-state index contributed by atoms with van der Waals surface area (Å²) in [4.78, 5) is 24.8. The molecule has 25 heavy (non-hydrogen) atoms. The van der Waals surface area contributed by atoms with Crippen LogP contribution in [0, 0.1) is 17.8 Å². The van der Waals surface area contributed by atoms with Crippen LogP contribution in [0.2, 0.25) is 5.02 Å². The van der Waals surface area contributed by atoms with Gasteiger partial charge in [-0.2, -0.15) is 0 Å². The van der Waals surface area contributed by atoms with Crippen LogP contribution >= 0.6 is 11.6 Å². The molecule has 4 saturated carbocycles. The molecule has 4 aliphatic carbocycles. The second kappa shape index (κ2) is 6.20. The minimum absolute atomic E-state index is 0.166. The lowest BCUT2D eigenvalue weighted by Crippen LogP contribution is -2.61. The quantitative estimate of drug-likeness (QED) is 0.810. The summed E-state index contributed by atoms with van der Waals surface area (Å²) in [6.45, 7) is 0. The van der Waals surface area contributed by atoms with E-state index in [1.165, 1.54) is 26.4 Å². The summed E-state index contributed by atoms with van der Waals surface area (Å²) < 4.78 is 5.09. The van der Waals surface area contributed by atoms with Crippen molar-refractivity contribution < 1.29 is 14.3 Å². The van der Waals surface area contributed by atoms with Crippen molar-refractivity contribution in [3.8, 4) is 5.75 Å². The number of carbonyl (C=O) groups excluding carboxylic acids is 2. The van der Waals surface area contributed by atoms with Crippen LogP contribution in [0.5, 0.6) is 5.75 Å². The molecule has 134 valence electrons. The maximum atomic E-state index is 12.5. The van der Waals surface area contributed by atoms with Gasteiger partial charge in [-0.15, -0.1) is 0 Å². The van der Waals surface area contributed by atoms with Gasteiger partial charge in [0, 0.05) is 11.2 Å². The number of anilines is 1. The number of nitrogens with one attached hydrogen (secondary N) is 2. The number of benzene rings is 1. The molecular weight excluding hydrogens is 340 g/mol. The van der Waals surface area contributed by atoms with Crippen LogP contribution in [0.25, 0.3) is 0 Å². The number of methoxy groups -OCH3 is 1. The van der Waals surface area contributed by atoms with Gasteiger partial charge in [-0.1, -0.05) is 11.6 Å². The van der Waals surface area contributed by atoms with Gasteiger partial charge in [0.05, 0.1) is 12.1 Å². The highest BCUT2D eigenvalue weighted by molar-refractivity contribution is 6.40. The second-order valence-electron chi connectivity index (χ2n) is 7.96. The molecule has 4 aliphatic rings. The molecule has 5 nitrogen and oxygen atoms in total. The summed E-state index contributed by atoms with van der Waals surface area (Å²) in [5, 5.41) is 6.09. The molecule has 2 amide bonds. The normalized spacial score (nSPS) is 32.3. The van der Waals surface area contributed by atoms with Gasteiger partial charge in [0.2, 0.25) is 0 Å². The van der Waals surface area contributed by atoms with Gasteiger partial charge in [0.15, 0.2) is 0 Å². The third kappa shape index (κ3) is 3.22. The highest BCUT2D eigenvalue weighted by Crippen LogP contribution is 2.55. The van der Waals surface area contributed by atoms with E-state index in [0.29, 0.717) is 16.5 Å². The number of amides is 2. The molecule has 1 aromatic rings. The average molecular weight is 363 g/mol. The highest BCUT2D eigenvalue weighted by Gasteiger charge is 2.51. The standard InChI is InChI=1S/C19H23ClN2O3/c1-25-16-3-2-14(7-15(16)20)21-17(23)18(24)22-19-8-11-4-12(9-19)6-13(5-11)10-19/h2-3,7,11-13H,4-6,8-10H2,1H3,(H,21,23)(H,22,24). The summed E-state index contributed by atoms with van der Waals surface area (Å²) in [5.41, 5.74) is 0.317. The van der Waals surface area contributed by atoms with E-state index in [1.807, 2.05) is 0 Å². The van der Waals surface area contributed by atoms with Gasteiger partial charge < -0.3 is 15.4 Å². The van der Waals surface area contributed by atoms with E-state index in [0.717, 1.165) is 37.0 Å². The molecule has 0 radical (unpaired) electrons. The molecule has 0 unspecified atom stereocenters. The number of hydrogen-bond donors (Lipinski definition) is 2. The summed E-state index contributed by atoms with van der Waals surface area (Å²) in [7, 11) is 1.53. The van der Waals surface area contributed by atoms with Crippen LogP contribution in [0.1, 0.15) is 38.5 Å². The predicted molar refractivity (Wildman–Crippen MR) is 95.7 cm³/mol. The number of halogens is 1. The fourth-order valence-corrected chi connectivity index (χ4v) is 5.75. The molecule has 0 aliphatic heterocycles. The van der Waals surface area contributed by atoms with Crippen molar-refractivity contribution in [2.24, 2.45) is 17.8 Å². The Labute approximate surface area is 152 Å². The minimum Gasteiger partial charge on any atom is -0.495 e. The van der Waals surface area contributed by atoms with Gasteiger partial charge in [0.25, 0.3) is 0 Å². The molecule has 4 bridgehead atoms. The van der Waals surface area contributed by atoms with E-state index in [1.54, 1.807) is 18.2 Å². The van der Waals surface area contributed by atoms with E-state index in [-0.39, 0.29) is 5.54 Å². The first-order valence-electron chi connectivity index (χ1n) is 8.93. The topological polar surface area (TPSA) is 67.4 Å². The fraction of sp³-hybridized carbons (Fsp3) is 0.579. The second-order valence-corrected chi connectivity index (χ2v) is 8.36. The van der Waals surface area contributed by atoms with Crippen LogP contribution in [-0.4, -0.2) is 24.5 Å². The third-order valence-corrected chi connectivity index (χ3v) is 6.33. The monoisotopic (exact) mass is 362 g/mol. The van der Waals surface area contributed by atoms with E-state index in [2.05, 4.69) is 10.6 Å². The predicted octanol–water partition coefficient (Wildman–Crippen LogP) is 3.37. The molecule has 2 N–H and O–H groups in total. The largest absolute Gasteiger partial charge is 0.495 e. The van der Waals surface area contributed by atoms with E-state index >= 15 is 0 Å². The van der Waals surface area contributed by atoms with Crippen LogP contribution in [-0.2, 0) is 9.59 Å². The van der Waals surface area contributed by atoms with Gasteiger partial charge in [0.1, 0.15) is 5.75 Å². The summed E-state index contributed by atoms with van der Waals surface area (Å²) in [5.74, 6) is 1.49. The summed E-state index contributed by atoms with van der Waals surface area (Å²) >= 11 is 6.06. The van der Waals surface area contributed by atoms with E-state index < -0.39 is 11.8 Å². The first-order chi connectivity index (χ1) is 12.0. The first-order valence-corrected chi connectivity index (χ1v) is 9.31. The van der Waals surface area contributed by atoms with Crippen molar-refractivity contribution in [2.75, 3.05) is 12.4 Å². The number of carbonyl (C=O) groups is 2. The van der Waals surface area contributed by atoms with Crippen LogP contribution in [0.4, 0.5) is 5.69 Å². The smallest absolute Gasteiger partial charge is 0.313 e. The first kappa shape index (κ1) is 16.7. The number of rotatable bonds is 3. The third-order valence-electron chi connectivity index (χ3n) is 6.03. The molecular formula is C19H23ClN2O3. The lowest BCUT2D eigenvalue weighted by molar-refractivity contribution is -0.139. The molecule has 6 heteroatoms. The van der Waals surface area contributed by atoms with Gasteiger partial charge in [-0.3, -0.25) is 9.59 Å². The maximum absolute atomic E-state index is 12.5. The maximum Gasteiger partial charge on any atom is 0.313 e. The molecule has 0 heterocycles. The Kier molecular flexibility index (Phi) is 4.14. The van der Waals surface area contributed by atoms with Crippen LogP contribution in [0.15, 0.2) is 18.2 Å². The van der Waals surface area contributed by atoms with E-state index in [4.69, 9.17) is 16.3 Å². The zero-order valence-corrected chi connectivity index (χ0v) is 15.1. The van der Waals surface area contributed by atoms with Crippen molar-refractivity contribution in [1.29, 1.82) is 0 Å². The van der Waals surface area contributed by atoms with Crippen molar-refractivity contribution in [1.82, 2.24) is 5.32 Å². The minimum atomic E-state index is -0.642. The van der Waals surface area contributed by atoms with E-state index in [9.17, 15) is 9.59 Å². The zero-order chi connectivity index (χ0) is 17.6. The number of hydrogen-bond acceptors (Lipinski definition) is 3. The van der Waals surface area contributed by atoms with Gasteiger partial charge >= 0.3 is 11.8 Å². The Morgan fingerprint density at radius 3 is 2.20 bits per heavy atom. The molecule has 0 aromatic heterocycles. The lowest BCUT2D eigenvalue weighted by Gasteiger charge is -2.56. The van der Waals surface area contributed by atoms with Crippen molar-refractivity contribution in [3.05, 3.63) is 23.2 Å². The molecule has 5 rings (SSSR count). The molecule has 0 spiro atoms. The Morgan fingerprint density at radius 2 is 1.68 bits per heavy atom. The Morgan fingerprint density at radius 1 is 1.08 bits per heavy atom. The van der Waals surface area contributed by atoms with Crippen molar-refractivity contribution >= 4 is 29.1 Å². The summed E-state index contributed by atoms with van der Waals surface area (Å²) in [6, 6.07) is 4.91. The Balaban J connectivity index is 1.41. The lowest BCUT2D eigenvalue weighted by atomic mass is 9.53. The van der Waals surface area contributed by atoms with Gasteiger partial charge in [-0.05, 0) is 74.5 Å². The Hall–Kier alpha value is -1.75. The molecule has 1 aromatic carbocycles. The molecule has 0 saturated heterocycles. The van der Waals surface area contributed by atoms with Crippen LogP contribution in [0.3, 0.4) is 0 Å². The Bertz CT molecular complexity index is 683. The van der Waals surface area contributed by atoms with Gasteiger partial charge in [-0.25, -0.2) is 0 Å². The summed E-state index contributed by atoms with van der Waals surface area (Å²) in [6.07, 6.45) is 6.95. The SMILES string of the molecule is COc1ccc(NC(=O)C(=O)NC23CC4CC(CC(C4)C2)C3)cc1Cl. The van der Waals surface area contributed by atoms with Crippen molar-refractivity contribution in [3.63, 3.8) is 0 Å². The fourth-order valence-electron chi connectivity index (χ4n) is 5.49. The zero-order valence-electron chi connectivity index (χ0n) is 14.3.